The molecule has 1 aliphatic carbocycles. The van der Waals surface area contributed by atoms with Crippen LogP contribution in [-0.4, -0.2) is 75.2 Å². The fourth-order valence-corrected chi connectivity index (χ4v) is 6.19. The van der Waals surface area contributed by atoms with E-state index < -0.39 is 22.7 Å². The van der Waals surface area contributed by atoms with Gasteiger partial charge in [-0.25, -0.2) is 8.78 Å². The lowest BCUT2D eigenvalue weighted by Crippen LogP contribution is -2.45. The lowest BCUT2D eigenvalue weighted by Gasteiger charge is -2.35. The third-order valence-electron chi connectivity index (χ3n) is 7.44. The summed E-state index contributed by atoms with van der Waals surface area (Å²) < 4.78 is 46.1. The molecule has 1 N–H and O–H groups in total. The Morgan fingerprint density at radius 3 is 2.47 bits per heavy atom. The van der Waals surface area contributed by atoms with Crippen LogP contribution >= 0.6 is 8.58 Å². The van der Waals surface area contributed by atoms with E-state index in [0.717, 1.165) is 61.1 Å². The van der Waals surface area contributed by atoms with Crippen molar-refractivity contribution in [2.75, 3.05) is 58.1 Å². The molecule has 1 unspecified atom stereocenters. The minimum absolute atomic E-state index is 0.0295. The molecular formula is C27H31F2N4O4P. The highest BCUT2D eigenvalue weighted by Crippen LogP contribution is 2.55. The van der Waals surface area contributed by atoms with Gasteiger partial charge in [-0.05, 0) is 36.2 Å². The lowest BCUT2D eigenvalue weighted by molar-refractivity contribution is -0.121. The van der Waals surface area contributed by atoms with Crippen LogP contribution in [0.25, 0.3) is 5.57 Å². The maximum Gasteiger partial charge on any atom is 0.238 e. The minimum Gasteiger partial charge on any atom is -0.493 e. The highest BCUT2D eigenvalue weighted by molar-refractivity contribution is 7.42. The lowest BCUT2D eigenvalue weighted by atomic mass is 9.86. The number of amides is 1. The van der Waals surface area contributed by atoms with Gasteiger partial charge in [0.1, 0.15) is 5.69 Å². The maximum atomic E-state index is 15.3. The van der Waals surface area contributed by atoms with Crippen LogP contribution in [0.3, 0.4) is 0 Å². The first-order valence-electron chi connectivity index (χ1n) is 12.6. The third-order valence-corrected chi connectivity index (χ3v) is 8.47. The first kappa shape index (κ1) is 26.7. The molecule has 1 amide bonds. The molecule has 38 heavy (non-hydrogen) atoms. The summed E-state index contributed by atoms with van der Waals surface area (Å²) in [5.74, 6) is -0.629. The van der Waals surface area contributed by atoms with Gasteiger partial charge in [-0.2, -0.15) is 0 Å². The monoisotopic (exact) mass is 544 g/mol. The molecule has 3 aliphatic rings. The van der Waals surface area contributed by atoms with Gasteiger partial charge >= 0.3 is 0 Å². The van der Waals surface area contributed by atoms with E-state index in [-0.39, 0.29) is 24.0 Å². The number of rotatable bonds is 9. The van der Waals surface area contributed by atoms with Gasteiger partial charge in [0, 0.05) is 43.7 Å². The van der Waals surface area contributed by atoms with Gasteiger partial charge in [-0.3, -0.25) is 14.7 Å². The average molecular weight is 545 g/mol. The van der Waals surface area contributed by atoms with Crippen molar-refractivity contribution < 1.29 is 27.8 Å². The predicted octanol–water partition coefficient (Wildman–Crippen LogP) is 3.96. The van der Waals surface area contributed by atoms with E-state index >= 15 is 8.78 Å². The van der Waals surface area contributed by atoms with Gasteiger partial charge in [-0.1, -0.05) is 14.4 Å². The molecule has 3 heterocycles. The summed E-state index contributed by atoms with van der Waals surface area (Å²) in [6, 6.07) is 3.00. The second-order valence-electron chi connectivity index (χ2n) is 9.61. The molecule has 202 valence electrons. The van der Waals surface area contributed by atoms with Crippen molar-refractivity contribution in [3.05, 3.63) is 52.6 Å². The van der Waals surface area contributed by atoms with E-state index in [4.69, 9.17) is 19.6 Å². The summed E-state index contributed by atoms with van der Waals surface area (Å²) in [7, 11) is 3.08. The van der Waals surface area contributed by atoms with Crippen LogP contribution in [0.2, 0.25) is 0 Å². The Morgan fingerprint density at radius 1 is 1.18 bits per heavy atom. The number of fused-ring (bicyclic) bond motifs is 2. The third kappa shape index (κ3) is 4.81. The average Bonchev–Trinajstić information content (AvgIpc) is 3.74. The van der Waals surface area contributed by atoms with Gasteiger partial charge in [0.05, 0.1) is 45.1 Å². The Balaban J connectivity index is 1.41. The number of aromatic nitrogens is 1. The number of methoxy groups -OCH3 is 2. The number of carbonyl (C=O) groups is 1. The van der Waals surface area contributed by atoms with Crippen molar-refractivity contribution in [2.24, 2.45) is 0 Å². The fraction of sp³-hybridized carbons (Fsp3) is 0.444. The highest BCUT2D eigenvalue weighted by atomic mass is 31.1. The largest absolute Gasteiger partial charge is 0.493 e. The second kappa shape index (κ2) is 11.0. The molecule has 11 heteroatoms. The molecule has 2 aromatic rings. The summed E-state index contributed by atoms with van der Waals surface area (Å²) in [6.07, 6.45) is 5.09. The molecule has 0 radical (unpaired) electrons. The van der Waals surface area contributed by atoms with Gasteiger partial charge in [0.2, 0.25) is 5.91 Å². The molecule has 1 atom stereocenters. The SMILES string of the molecule is COc1cc(OC)c(F)c(N2Cc3cnc(/C(C=N)=C/PCCN4CCOCC4)cc3C3(CC3)C2=O)c1F. The van der Waals surface area contributed by atoms with Crippen LogP contribution in [0.1, 0.15) is 29.7 Å². The van der Waals surface area contributed by atoms with Crippen molar-refractivity contribution in [1.82, 2.24) is 9.88 Å². The van der Waals surface area contributed by atoms with E-state index in [2.05, 4.69) is 9.88 Å². The number of morpholine rings is 1. The van der Waals surface area contributed by atoms with Crippen LogP contribution in [0.4, 0.5) is 14.5 Å². The van der Waals surface area contributed by atoms with Crippen molar-refractivity contribution in [3.8, 4) is 11.5 Å². The summed E-state index contributed by atoms with van der Waals surface area (Å²) in [6.45, 7) is 4.39. The van der Waals surface area contributed by atoms with E-state index in [9.17, 15) is 4.79 Å². The van der Waals surface area contributed by atoms with Gasteiger partial charge < -0.3 is 24.5 Å². The Hall–Kier alpha value is -2.94. The molecule has 2 fully saturated rings. The van der Waals surface area contributed by atoms with Crippen LogP contribution in [0, 0.1) is 17.0 Å². The predicted molar refractivity (Wildman–Crippen MR) is 143 cm³/mol. The molecule has 1 aromatic heterocycles. The van der Waals surface area contributed by atoms with E-state index in [1.54, 1.807) is 6.20 Å². The smallest absolute Gasteiger partial charge is 0.238 e. The molecule has 1 saturated carbocycles. The van der Waals surface area contributed by atoms with Crippen LogP contribution in [-0.2, 0) is 21.5 Å². The minimum atomic E-state index is -0.949. The highest BCUT2D eigenvalue weighted by Gasteiger charge is 2.57. The van der Waals surface area contributed by atoms with Crippen molar-refractivity contribution in [1.29, 1.82) is 5.41 Å². The van der Waals surface area contributed by atoms with Gasteiger partial charge in [0.15, 0.2) is 23.1 Å². The van der Waals surface area contributed by atoms with Crippen LogP contribution in [0.5, 0.6) is 11.5 Å². The van der Waals surface area contributed by atoms with Gasteiger partial charge in [-0.15, -0.1) is 0 Å². The number of pyridine rings is 1. The number of halogens is 2. The summed E-state index contributed by atoms with van der Waals surface area (Å²) in [4.78, 5) is 21.8. The summed E-state index contributed by atoms with van der Waals surface area (Å²) >= 11 is 0. The molecule has 0 bridgehead atoms. The molecule has 5 rings (SSSR count). The Morgan fingerprint density at radius 2 is 1.87 bits per heavy atom. The summed E-state index contributed by atoms with van der Waals surface area (Å²) in [5.41, 5.74) is 1.55. The Kier molecular flexibility index (Phi) is 7.75. The first-order valence-corrected chi connectivity index (χ1v) is 13.9. The zero-order chi connectivity index (χ0) is 26.9. The van der Waals surface area contributed by atoms with Crippen molar-refractivity contribution >= 4 is 32.0 Å². The molecule has 1 aromatic carbocycles. The Labute approximate surface area is 222 Å². The fourth-order valence-electron chi connectivity index (χ4n) is 5.15. The zero-order valence-corrected chi connectivity index (χ0v) is 22.5. The number of nitrogens with zero attached hydrogens (tertiary/aromatic N) is 3. The maximum absolute atomic E-state index is 15.3. The van der Waals surface area contributed by atoms with Crippen molar-refractivity contribution in [3.63, 3.8) is 0 Å². The number of carbonyl (C=O) groups excluding carboxylic acids is 1. The molecular weight excluding hydrogens is 513 g/mol. The standard InChI is InChI=1S/C27H31F2N4O4P/c1-35-21-12-22(36-2)24(29)25(23(21)28)33-15-18-14-31-20(11-19(18)27(3-4-27)26(33)34)17(13-30)16-38-10-7-32-5-8-37-9-6-32/h11-14,16,30,38H,3-10,15H2,1-2H3/b17-16+,30-13?. The number of allylic oxidation sites excluding steroid dienone is 1. The quantitative estimate of drug-likeness (QED) is 0.292. The van der Waals surface area contributed by atoms with Gasteiger partial charge in [0.25, 0.3) is 0 Å². The number of hydrogen-bond acceptors (Lipinski definition) is 7. The zero-order valence-electron chi connectivity index (χ0n) is 21.5. The number of hydrogen-bond donors (Lipinski definition) is 1. The number of nitrogens with one attached hydrogen (secondary N) is 1. The molecule has 2 aliphatic heterocycles. The molecule has 1 saturated heterocycles. The van der Waals surface area contributed by atoms with Crippen molar-refractivity contribution in [2.45, 2.75) is 24.8 Å². The van der Waals surface area contributed by atoms with Crippen LogP contribution in [0.15, 0.2) is 24.1 Å². The molecule has 1 spiro atoms. The first-order chi connectivity index (χ1) is 18.4. The van der Waals surface area contributed by atoms with E-state index in [1.165, 1.54) is 20.4 Å². The number of benzene rings is 1. The topological polar surface area (TPSA) is 88.0 Å². The normalized spacial score (nSPS) is 19.2. The number of ether oxygens (including phenoxy) is 3. The van der Waals surface area contributed by atoms with E-state index in [1.807, 2.05) is 11.9 Å². The second-order valence-corrected chi connectivity index (χ2v) is 10.8. The Bertz CT molecular complexity index is 1250. The van der Waals surface area contributed by atoms with E-state index in [0.29, 0.717) is 32.7 Å². The number of anilines is 1. The van der Waals surface area contributed by atoms with Crippen LogP contribution < -0.4 is 14.4 Å². The molecule has 8 nitrogen and oxygen atoms in total. The summed E-state index contributed by atoms with van der Waals surface area (Å²) in [5, 5.41) is 7.95.